The normalized spacial score (nSPS) is 21.3. The van der Waals surface area contributed by atoms with Gasteiger partial charge in [0.1, 0.15) is 5.75 Å². The molecular formula is C32H32NOP. The fourth-order valence-electron chi connectivity index (χ4n) is 5.27. The van der Waals surface area contributed by atoms with Gasteiger partial charge in [0.15, 0.2) is 0 Å². The smallest absolute Gasteiger partial charge is 0.123 e. The van der Waals surface area contributed by atoms with E-state index in [-0.39, 0.29) is 5.41 Å². The lowest BCUT2D eigenvalue weighted by Crippen LogP contribution is -2.33. The third kappa shape index (κ3) is 4.32. The summed E-state index contributed by atoms with van der Waals surface area (Å²) >= 11 is 0. The molecule has 2 nitrogen and oxygen atoms in total. The Labute approximate surface area is 210 Å². The first-order valence-corrected chi connectivity index (χ1v) is 13.8. The van der Waals surface area contributed by atoms with Crippen molar-refractivity contribution in [3.05, 3.63) is 126 Å². The number of phenols is 1. The molecule has 35 heavy (non-hydrogen) atoms. The van der Waals surface area contributed by atoms with Crippen LogP contribution in [0.3, 0.4) is 0 Å². The van der Waals surface area contributed by atoms with Crippen molar-refractivity contribution in [1.29, 1.82) is 0 Å². The van der Waals surface area contributed by atoms with Crippen LogP contribution in [0.5, 0.6) is 5.75 Å². The van der Waals surface area contributed by atoms with Crippen molar-refractivity contribution in [3.63, 3.8) is 0 Å². The number of hydrogen-bond donors (Lipinski definition) is 1. The first-order chi connectivity index (χ1) is 16.9. The van der Waals surface area contributed by atoms with Gasteiger partial charge in [0.2, 0.25) is 0 Å². The Morgan fingerprint density at radius 3 is 1.97 bits per heavy atom. The fourth-order valence-corrected chi connectivity index (χ4v) is 8.13. The van der Waals surface area contributed by atoms with Gasteiger partial charge in [-0.05, 0) is 54.5 Å². The minimum atomic E-state index is -0.674. The molecule has 1 N–H and O–H groups in total. The van der Waals surface area contributed by atoms with Gasteiger partial charge < -0.3 is 5.11 Å². The van der Waals surface area contributed by atoms with Gasteiger partial charge in [0, 0.05) is 5.56 Å². The number of hydrogen-bond acceptors (Lipinski definition) is 2. The fraction of sp³-hybridized carbons (Fsp3) is 0.219. The van der Waals surface area contributed by atoms with Crippen LogP contribution in [0.2, 0.25) is 0 Å². The maximum absolute atomic E-state index is 11.8. The van der Waals surface area contributed by atoms with Crippen molar-refractivity contribution in [2.24, 2.45) is 4.99 Å². The van der Waals surface area contributed by atoms with Crippen LogP contribution in [0.15, 0.2) is 114 Å². The van der Waals surface area contributed by atoms with Crippen LogP contribution in [-0.4, -0.2) is 16.7 Å². The van der Waals surface area contributed by atoms with Crippen LogP contribution in [0.25, 0.3) is 0 Å². The number of para-hydroxylation sites is 2. The number of aliphatic imine (C=N–C) groups is 1. The van der Waals surface area contributed by atoms with E-state index in [4.69, 9.17) is 4.99 Å². The monoisotopic (exact) mass is 477 g/mol. The second-order valence-corrected chi connectivity index (χ2v) is 12.5. The van der Waals surface area contributed by atoms with E-state index in [0.29, 0.717) is 5.75 Å². The van der Waals surface area contributed by atoms with Crippen molar-refractivity contribution in [2.75, 3.05) is 6.16 Å². The molecule has 0 aromatic heterocycles. The number of rotatable bonds is 4. The van der Waals surface area contributed by atoms with Gasteiger partial charge in [0.05, 0.1) is 16.6 Å². The van der Waals surface area contributed by atoms with E-state index in [1.807, 2.05) is 18.2 Å². The summed E-state index contributed by atoms with van der Waals surface area (Å²) in [6.07, 6.45) is 1.93. The zero-order chi connectivity index (χ0) is 24.5. The topological polar surface area (TPSA) is 32.6 Å². The molecule has 4 aromatic rings. The highest BCUT2D eigenvalue weighted by atomic mass is 31.1. The molecule has 1 saturated heterocycles. The Morgan fingerprint density at radius 2 is 1.34 bits per heavy atom. The van der Waals surface area contributed by atoms with Crippen molar-refractivity contribution >= 4 is 24.4 Å². The van der Waals surface area contributed by atoms with Crippen LogP contribution in [0.1, 0.15) is 43.9 Å². The van der Waals surface area contributed by atoms with Crippen LogP contribution >= 0.6 is 7.92 Å². The summed E-state index contributed by atoms with van der Waals surface area (Å²) in [4.78, 5) is 5.39. The lowest BCUT2D eigenvalue weighted by atomic mass is 9.71. The van der Waals surface area contributed by atoms with Crippen molar-refractivity contribution < 1.29 is 5.11 Å². The largest absolute Gasteiger partial charge is 0.507 e. The lowest BCUT2D eigenvalue weighted by Gasteiger charge is -2.35. The van der Waals surface area contributed by atoms with E-state index in [2.05, 4.69) is 112 Å². The molecule has 0 bridgehead atoms. The van der Waals surface area contributed by atoms with E-state index < -0.39 is 13.3 Å². The van der Waals surface area contributed by atoms with Gasteiger partial charge in [-0.3, -0.25) is 4.99 Å². The van der Waals surface area contributed by atoms with Gasteiger partial charge in [0.25, 0.3) is 0 Å². The average Bonchev–Trinajstić information content (AvgIpc) is 3.25. The van der Waals surface area contributed by atoms with E-state index in [0.717, 1.165) is 34.8 Å². The van der Waals surface area contributed by atoms with Crippen LogP contribution in [0.4, 0.5) is 5.69 Å². The van der Waals surface area contributed by atoms with Gasteiger partial charge in [-0.2, -0.15) is 0 Å². The Hall–Kier alpha value is -3.22. The third-order valence-corrected chi connectivity index (χ3v) is 9.56. The van der Waals surface area contributed by atoms with Crippen LogP contribution in [0, 0.1) is 0 Å². The molecule has 2 atom stereocenters. The molecular weight excluding hydrogens is 445 g/mol. The van der Waals surface area contributed by atoms with Gasteiger partial charge in [-0.15, -0.1) is 0 Å². The maximum Gasteiger partial charge on any atom is 0.123 e. The Morgan fingerprint density at radius 1 is 0.743 bits per heavy atom. The third-order valence-electron chi connectivity index (χ3n) is 6.98. The van der Waals surface area contributed by atoms with Crippen molar-refractivity contribution in [2.45, 2.75) is 38.0 Å². The molecule has 1 aliphatic heterocycles. The predicted octanol–water partition coefficient (Wildman–Crippen LogP) is 7.92. The zero-order valence-corrected chi connectivity index (χ0v) is 21.5. The molecule has 176 valence electrons. The number of phenolic OH excluding ortho intramolecular Hbond substituents is 1. The Bertz CT molecular complexity index is 1330. The number of benzene rings is 4. The second kappa shape index (κ2) is 9.44. The summed E-state index contributed by atoms with van der Waals surface area (Å²) in [5, 5.41) is 13.1. The minimum absolute atomic E-state index is 0.169. The highest BCUT2D eigenvalue weighted by Gasteiger charge is 2.50. The molecule has 0 amide bonds. The molecule has 0 spiro atoms. The summed E-state index contributed by atoms with van der Waals surface area (Å²) in [6.45, 7) is 6.47. The molecule has 5 rings (SSSR count). The molecule has 1 aliphatic rings. The van der Waals surface area contributed by atoms with Gasteiger partial charge >= 0.3 is 0 Å². The zero-order valence-electron chi connectivity index (χ0n) is 20.6. The predicted molar refractivity (Wildman–Crippen MR) is 150 cm³/mol. The SMILES string of the molecule is CC(C)(C)c1cccc(C2(c3ccccc3)CCP(c3ccccc3)C2=Nc2ccccc2)c1O. The summed E-state index contributed by atoms with van der Waals surface area (Å²) in [5.41, 5.74) is 4.59. The molecule has 1 heterocycles. The summed E-state index contributed by atoms with van der Waals surface area (Å²) in [5.74, 6) is 0.398. The van der Waals surface area contributed by atoms with Gasteiger partial charge in [-0.1, -0.05) is 118 Å². The molecule has 0 aliphatic carbocycles. The highest BCUT2D eigenvalue weighted by molar-refractivity contribution is 7.82. The molecule has 3 heteroatoms. The molecule has 4 aromatic carbocycles. The summed E-state index contributed by atoms with van der Waals surface area (Å²) in [7, 11) is -0.674. The first kappa shape index (κ1) is 23.5. The van der Waals surface area contributed by atoms with Crippen molar-refractivity contribution in [3.8, 4) is 5.75 Å². The minimum Gasteiger partial charge on any atom is -0.507 e. The van der Waals surface area contributed by atoms with Crippen molar-refractivity contribution in [1.82, 2.24) is 0 Å². The molecule has 0 radical (unpaired) electrons. The summed E-state index contributed by atoms with van der Waals surface area (Å²) < 4.78 is 0. The summed E-state index contributed by atoms with van der Waals surface area (Å²) in [6, 6.07) is 38.0. The van der Waals surface area contributed by atoms with E-state index in [9.17, 15) is 5.11 Å². The van der Waals surface area contributed by atoms with E-state index >= 15 is 0 Å². The first-order valence-electron chi connectivity index (χ1n) is 12.3. The van der Waals surface area contributed by atoms with Crippen LogP contribution in [-0.2, 0) is 10.8 Å². The van der Waals surface area contributed by atoms with E-state index in [1.165, 1.54) is 10.9 Å². The average molecular weight is 478 g/mol. The van der Waals surface area contributed by atoms with E-state index in [1.54, 1.807) is 0 Å². The maximum atomic E-state index is 11.8. The van der Waals surface area contributed by atoms with Gasteiger partial charge in [-0.25, -0.2) is 0 Å². The lowest BCUT2D eigenvalue weighted by molar-refractivity contribution is 0.432. The highest BCUT2D eigenvalue weighted by Crippen LogP contribution is 2.60. The molecule has 1 fully saturated rings. The number of nitrogens with zero attached hydrogens (tertiary/aromatic N) is 1. The quantitative estimate of drug-likeness (QED) is 0.298. The number of aromatic hydroxyl groups is 1. The van der Waals surface area contributed by atoms with Crippen LogP contribution < -0.4 is 5.30 Å². The standard InChI is InChI=1S/C32H32NOP/c1-31(2,3)27-20-13-21-28(29(27)34)32(24-14-7-4-8-15-24)22-23-35(26-18-11-6-12-19-26)30(32)33-25-16-9-5-10-17-25/h4-21,34H,22-23H2,1-3H3. The second-order valence-electron chi connectivity index (χ2n) is 10.2. The molecule has 2 unspecified atom stereocenters. The Kier molecular flexibility index (Phi) is 6.34. The molecule has 0 saturated carbocycles. The Balaban J connectivity index is 1.83.